The number of ketones is 1. The van der Waals surface area contributed by atoms with Crippen LogP contribution in [0.25, 0.3) is 27.8 Å². The van der Waals surface area contributed by atoms with Gasteiger partial charge in [-0.1, -0.05) is 124 Å². The fourth-order valence-corrected chi connectivity index (χ4v) is 6.75. The van der Waals surface area contributed by atoms with Gasteiger partial charge in [0.2, 0.25) is 0 Å². The highest BCUT2D eigenvalue weighted by Gasteiger charge is 2.36. The zero-order chi connectivity index (χ0) is 29.7. The molecule has 0 unspecified atom stereocenters. The quantitative estimate of drug-likeness (QED) is 0.191. The molecular weight excluding hydrogens is 522 g/mol. The van der Waals surface area contributed by atoms with Gasteiger partial charge in [0.15, 0.2) is 5.78 Å². The van der Waals surface area contributed by atoms with Gasteiger partial charge in [0.05, 0.1) is 11.3 Å². The molecule has 0 fully saturated rings. The zero-order valence-electron chi connectivity index (χ0n) is 24.8. The number of hydrogen-bond acceptors (Lipinski definition) is 2. The molecule has 0 atom stereocenters. The van der Waals surface area contributed by atoms with E-state index in [1.807, 2.05) is 36.4 Å². The lowest BCUT2D eigenvalue weighted by molar-refractivity contribution is 0.104. The number of allylic oxidation sites excluding steroid dienone is 5. The second-order valence-electron chi connectivity index (χ2n) is 11.8. The van der Waals surface area contributed by atoms with Crippen molar-refractivity contribution in [3.63, 3.8) is 0 Å². The second kappa shape index (κ2) is 10.3. The number of carbonyl (C=O) groups is 1. The minimum atomic E-state index is -0.136. The molecule has 0 aliphatic heterocycles. The third-order valence-corrected chi connectivity index (χ3v) is 8.97. The van der Waals surface area contributed by atoms with Crippen LogP contribution in [0.15, 0.2) is 140 Å². The number of anilines is 3. The smallest absolute Gasteiger partial charge is 0.196 e. The van der Waals surface area contributed by atoms with Crippen LogP contribution in [0.5, 0.6) is 0 Å². The topological polar surface area (TPSA) is 20.3 Å². The van der Waals surface area contributed by atoms with Crippen LogP contribution in [0.4, 0.5) is 17.1 Å². The largest absolute Gasteiger partial charge is 0.310 e. The predicted octanol–water partition coefficient (Wildman–Crippen LogP) is 10.8. The Balaban J connectivity index is 1.41. The number of hydrogen-bond donors (Lipinski definition) is 0. The van der Waals surface area contributed by atoms with Crippen molar-refractivity contribution in [1.29, 1.82) is 0 Å². The average Bonchev–Trinajstić information content (AvgIpc) is 3.46. The Morgan fingerprint density at radius 1 is 0.674 bits per heavy atom. The van der Waals surface area contributed by atoms with Gasteiger partial charge >= 0.3 is 0 Å². The van der Waals surface area contributed by atoms with Crippen LogP contribution in [0, 0.1) is 0 Å². The van der Waals surface area contributed by atoms with Gasteiger partial charge in [-0.2, -0.15) is 0 Å². The van der Waals surface area contributed by atoms with E-state index in [9.17, 15) is 4.79 Å². The van der Waals surface area contributed by atoms with Crippen molar-refractivity contribution in [2.45, 2.75) is 26.2 Å². The predicted molar refractivity (Wildman–Crippen MR) is 181 cm³/mol. The van der Waals surface area contributed by atoms with Gasteiger partial charge in [-0.15, -0.1) is 0 Å². The average molecular weight is 556 g/mol. The number of carbonyl (C=O) groups excluding carboxylic acids is 1. The summed E-state index contributed by atoms with van der Waals surface area (Å²) < 4.78 is 0. The maximum absolute atomic E-state index is 13.9. The van der Waals surface area contributed by atoms with E-state index in [-0.39, 0.29) is 11.2 Å². The molecule has 2 aliphatic rings. The van der Waals surface area contributed by atoms with Crippen LogP contribution in [-0.2, 0) is 5.41 Å². The summed E-state index contributed by atoms with van der Waals surface area (Å²) in [5, 5.41) is 0. The van der Waals surface area contributed by atoms with Gasteiger partial charge in [0.25, 0.3) is 0 Å². The van der Waals surface area contributed by atoms with E-state index in [0.717, 1.165) is 44.9 Å². The Hall–Kier alpha value is -5.21. The molecule has 2 nitrogen and oxygen atoms in total. The summed E-state index contributed by atoms with van der Waals surface area (Å²) in [6.07, 6.45) is 7.80. The molecule has 0 heterocycles. The lowest BCUT2D eigenvalue weighted by atomic mass is 9.82. The number of nitrogens with zero attached hydrogens (tertiary/aromatic N) is 1. The summed E-state index contributed by atoms with van der Waals surface area (Å²) in [5.74, 6) is 0.0736. The van der Waals surface area contributed by atoms with Gasteiger partial charge in [-0.25, -0.2) is 0 Å². The third-order valence-electron chi connectivity index (χ3n) is 8.97. The molecule has 0 radical (unpaired) electrons. The van der Waals surface area contributed by atoms with Crippen LogP contribution in [-0.4, -0.2) is 5.78 Å². The van der Waals surface area contributed by atoms with Gasteiger partial charge in [-0.05, 0) is 81.8 Å². The normalized spacial score (nSPS) is 14.3. The molecule has 208 valence electrons. The first-order valence-electron chi connectivity index (χ1n) is 14.8. The summed E-state index contributed by atoms with van der Waals surface area (Å²) in [6, 6.07) is 38.2. The SMILES string of the molecule is C=C/C=C\C=C(/C)c1ccc(N(c2ccc3c(c2)C(C)(C)c2ccccc2-3)c2cccc3c2C(=O)c2ccccc2-3)cc1. The Labute approximate surface area is 254 Å². The molecule has 0 saturated heterocycles. The van der Waals surface area contributed by atoms with Gasteiger partial charge in [0, 0.05) is 22.4 Å². The Bertz CT molecular complexity index is 1990. The van der Waals surface area contributed by atoms with Crippen molar-refractivity contribution in [2.75, 3.05) is 4.90 Å². The summed E-state index contributed by atoms with van der Waals surface area (Å²) in [6.45, 7) is 10.5. The van der Waals surface area contributed by atoms with Crippen molar-refractivity contribution in [3.8, 4) is 22.3 Å². The van der Waals surface area contributed by atoms with E-state index >= 15 is 0 Å². The molecule has 2 aliphatic carbocycles. The Morgan fingerprint density at radius 2 is 1.33 bits per heavy atom. The highest BCUT2D eigenvalue weighted by Crippen LogP contribution is 2.51. The van der Waals surface area contributed by atoms with Crippen LogP contribution in [0.1, 0.15) is 53.4 Å². The second-order valence-corrected chi connectivity index (χ2v) is 11.8. The highest BCUT2D eigenvalue weighted by molar-refractivity contribution is 6.25. The Kier molecular flexibility index (Phi) is 6.36. The van der Waals surface area contributed by atoms with E-state index in [2.05, 4.69) is 123 Å². The van der Waals surface area contributed by atoms with Crippen LogP contribution in [0.3, 0.4) is 0 Å². The van der Waals surface area contributed by atoms with Crippen molar-refractivity contribution in [1.82, 2.24) is 0 Å². The molecule has 2 heteroatoms. The molecular formula is C41H33NO. The minimum absolute atomic E-state index is 0.0736. The zero-order valence-corrected chi connectivity index (χ0v) is 24.8. The van der Waals surface area contributed by atoms with E-state index in [0.29, 0.717) is 0 Å². The molecule has 0 amide bonds. The first-order valence-corrected chi connectivity index (χ1v) is 14.8. The minimum Gasteiger partial charge on any atom is -0.310 e. The third kappa shape index (κ3) is 4.21. The monoisotopic (exact) mass is 555 g/mol. The fraction of sp³-hybridized carbons (Fsp3) is 0.0976. The van der Waals surface area contributed by atoms with Crippen molar-refractivity contribution < 1.29 is 4.79 Å². The molecule has 7 rings (SSSR count). The van der Waals surface area contributed by atoms with Crippen LogP contribution in [0.2, 0.25) is 0 Å². The van der Waals surface area contributed by atoms with Crippen LogP contribution >= 0.6 is 0 Å². The van der Waals surface area contributed by atoms with Gasteiger partial charge < -0.3 is 4.90 Å². The lowest BCUT2D eigenvalue weighted by Gasteiger charge is -2.29. The standard InChI is InChI=1S/C41H33NO/c1-5-6-7-13-27(2)28-20-22-29(23-21-28)42(38-19-12-17-34-31-14-8-9-16-35(31)40(43)39(34)38)30-24-25-33-32-15-10-11-18-36(32)41(3,4)37(33)26-30/h5-26H,1H2,2-4H3/b7-6-,27-13+. The van der Waals surface area contributed by atoms with E-state index in [1.165, 1.54) is 27.8 Å². The van der Waals surface area contributed by atoms with Crippen molar-refractivity contribution >= 4 is 28.4 Å². The molecule has 43 heavy (non-hydrogen) atoms. The molecule has 0 bridgehead atoms. The Morgan fingerprint density at radius 3 is 2.09 bits per heavy atom. The maximum atomic E-state index is 13.9. The lowest BCUT2D eigenvalue weighted by Crippen LogP contribution is -2.17. The highest BCUT2D eigenvalue weighted by atomic mass is 16.1. The van der Waals surface area contributed by atoms with Crippen molar-refractivity contribution in [2.24, 2.45) is 0 Å². The molecule has 5 aromatic rings. The molecule has 0 spiro atoms. The van der Waals surface area contributed by atoms with E-state index < -0.39 is 0 Å². The number of benzene rings is 5. The number of rotatable bonds is 6. The fourth-order valence-electron chi connectivity index (χ4n) is 6.75. The summed E-state index contributed by atoms with van der Waals surface area (Å²) in [5.41, 5.74) is 13.8. The van der Waals surface area contributed by atoms with Gasteiger partial charge in [0.1, 0.15) is 0 Å². The van der Waals surface area contributed by atoms with Crippen molar-refractivity contribution in [3.05, 3.63) is 168 Å². The molecule has 0 aromatic heterocycles. The van der Waals surface area contributed by atoms with Crippen LogP contribution < -0.4 is 4.90 Å². The van der Waals surface area contributed by atoms with E-state index in [4.69, 9.17) is 0 Å². The summed E-state index contributed by atoms with van der Waals surface area (Å²) >= 11 is 0. The summed E-state index contributed by atoms with van der Waals surface area (Å²) in [7, 11) is 0. The first kappa shape index (κ1) is 26.7. The maximum Gasteiger partial charge on any atom is 0.196 e. The van der Waals surface area contributed by atoms with E-state index in [1.54, 1.807) is 6.08 Å². The molecule has 5 aromatic carbocycles. The number of fused-ring (bicyclic) bond motifs is 6. The van der Waals surface area contributed by atoms with Gasteiger partial charge in [-0.3, -0.25) is 4.79 Å². The first-order chi connectivity index (χ1) is 20.9. The summed E-state index contributed by atoms with van der Waals surface area (Å²) in [4.78, 5) is 16.2. The molecule has 0 saturated carbocycles. The molecule has 0 N–H and O–H groups in total.